The number of hydrogen-bond donors (Lipinski definition) is 2. The van der Waals surface area contributed by atoms with Gasteiger partial charge in [0.1, 0.15) is 5.82 Å². The van der Waals surface area contributed by atoms with E-state index in [4.69, 9.17) is 20.4 Å². The zero-order valence-corrected chi connectivity index (χ0v) is 17.9. The number of nitrogens with two attached hydrogens (primary N) is 1. The molecular formula is C21H26N8O3. The maximum atomic E-state index is 11.6. The molecule has 2 aromatic heterocycles. The number of piperidine rings is 1. The van der Waals surface area contributed by atoms with E-state index in [-0.39, 0.29) is 17.5 Å². The van der Waals surface area contributed by atoms with E-state index in [1.54, 1.807) is 12.4 Å². The van der Waals surface area contributed by atoms with Crippen LogP contribution in [0.3, 0.4) is 0 Å². The summed E-state index contributed by atoms with van der Waals surface area (Å²) in [6, 6.07) is 0.160. The van der Waals surface area contributed by atoms with Crippen molar-refractivity contribution in [1.29, 1.82) is 0 Å². The average molecular weight is 438 g/mol. The minimum atomic E-state index is -0.846. The summed E-state index contributed by atoms with van der Waals surface area (Å²) >= 11 is 0. The van der Waals surface area contributed by atoms with Gasteiger partial charge in [0, 0.05) is 55.6 Å². The molecule has 2 aromatic rings. The second-order valence-corrected chi connectivity index (χ2v) is 9.19. The molecule has 3 atom stereocenters. The van der Waals surface area contributed by atoms with Gasteiger partial charge in [-0.2, -0.15) is 4.98 Å². The molecule has 11 nitrogen and oxygen atoms in total. The Balaban J connectivity index is 1.44. The minimum Gasteiger partial charge on any atom is -0.465 e. The van der Waals surface area contributed by atoms with Gasteiger partial charge >= 0.3 is 6.09 Å². The van der Waals surface area contributed by atoms with E-state index in [9.17, 15) is 9.90 Å². The van der Waals surface area contributed by atoms with Crippen LogP contribution < -0.4 is 15.5 Å². The van der Waals surface area contributed by atoms with Crippen LogP contribution in [0.2, 0.25) is 0 Å². The van der Waals surface area contributed by atoms with Crippen molar-refractivity contribution in [2.45, 2.75) is 31.3 Å². The third-order valence-electron chi connectivity index (χ3n) is 7.30. The number of ether oxygens (including phenoxy) is 1. The van der Waals surface area contributed by atoms with Gasteiger partial charge in [-0.25, -0.2) is 19.7 Å². The maximum absolute atomic E-state index is 11.6. The van der Waals surface area contributed by atoms with E-state index in [1.807, 2.05) is 0 Å². The zero-order chi connectivity index (χ0) is 22.0. The number of nitrogen functional groups attached to an aromatic ring is 1. The molecule has 0 spiro atoms. The molecule has 1 amide bonds. The Morgan fingerprint density at radius 2 is 2.09 bits per heavy atom. The van der Waals surface area contributed by atoms with Crippen LogP contribution in [0.15, 0.2) is 12.4 Å². The van der Waals surface area contributed by atoms with E-state index in [2.05, 4.69) is 26.7 Å². The van der Waals surface area contributed by atoms with Crippen molar-refractivity contribution in [2.24, 2.45) is 5.92 Å². The minimum absolute atomic E-state index is 0.152. The third kappa shape index (κ3) is 2.87. The summed E-state index contributed by atoms with van der Waals surface area (Å²) in [6.07, 6.45) is 4.38. The van der Waals surface area contributed by atoms with Gasteiger partial charge in [-0.1, -0.05) is 0 Å². The Morgan fingerprint density at radius 3 is 2.81 bits per heavy atom. The van der Waals surface area contributed by atoms with Crippen molar-refractivity contribution in [2.75, 3.05) is 54.9 Å². The van der Waals surface area contributed by atoms with Gasteiger partial charge in [0.2, 0.25) is 11.9 Å². The van der Waals surface area contributed by atoms with Crippen molar-refractivity contribution in [3.05, 3.63) is 18.0 Å². The predicted molar refractivity (Wildman–Crippen MR) is 117 cm³/mol. The summed E-state index contributed by atoms with van der Waals surface area (Å²) < 4.78 is 5.61. The van der Waals surface area contributed by atoms with Gasteiger partial charge < -0.3 is 30.3 Å². The van der Waals surface area contributed by atoms with E-state index in [0.717, 1.165) is 48.6 Å². The maximum Gasteiger partial charge on any atom is 0.407 e. The largest absolute Gasteiger partial charge is 0.465 e. The molecule has 1 saturated carbocycles. The first-order valence-electron chi connectivity index (χ1n) is 11.0. The van der Waals surface area contributed by atoms with Crippen molar-refractivity contribution in [1.82, 2.24) is 24.8 Å². The van der Waals surface area contributed by atoms with Crippen LogP contribution in [0.25, 0.3) is 11.3 Å². The van der Waals surface area contributed by atoms with Crippen molar-refractivity contribution >= 4 is 23.8 Å². The summed E-state index contributed by atoms with van der Waals surface area (Å²) in [5.74, 6) is 2.16. The molecule has 3 aliphatic heterocycles. The number of fused-ring (bicyclic) bond motifs is 2. The fraction of sp³-hybridized carbons (Fsp3) is 0.571. The van der Waals surface area contributed by atoms with Crippen LogP contribution >= 0.6 is 0 Å². The highest BCUT2D eigenvalue weighted by molar-refractivity contribution is 5.74. The molecule has 5 heterocycles. The van der Waals surface area contributed by atoms with Gasteiger partial charge in [0.25, 0.3) is 0 Å². The number of anilines is 3. The number of carboxylic acid groups (broad SMARTS) is 1. The zero-order valence-electron chi connectivity index (χ0n) is 17.9. The number of morpholine rings is 1. The SMILES string of the molecule is C[C@H]1COCCN1c1nc(-c2cnc(N)nc2)c2c(n1)N(C13C[C@@H]1CN(C(=O)O)C3)CC2. The van der Waals surface area contributed by atoms with E-state index >= 15 is 0 Å². The van der Waals surface area contributed by atoms with Crippen molar-refractivity contribution < 1.29 is 14.6 Å². The molecule has 4 aliphatic rings. The summed E-state index contributed by atoms with van der Waals surface area (Å²) in [5, 5.41) is 9.50. The number of aromatic nitrogens is 4. The van der Waals surface area contributed by atoms with Gasteiger partial charge in [-0.05, 0) is 19.8 Å². The first kappa shape index (κ1) is 19.5. The quantitative estimate of drug-likeness (QED) is 0.710. The normalized spacial score (nSPS) is 28.6. The fourth-order valence-electron chi connectivity index (χ4n) is 5.55. The van der Waals surface area contributed by atoms with Crippen LogP contribution in [-0.4, -0.2) is 87.0 Å². The molecule has 2 saturated heterocycles. The topological polar surface area (TPSA) is 134 Å². The van der Waals surface area contributed by atoms with Crippen LogP contribution in [0.1, 0.15) is 18.9 Å². The molecule has 3 fully saturated rings. The monoisotopic (exact) mass is 438 g/mol. The lowest BCUT2D eigenvalue weighted by molar-refractivity contribution is 0.0981. The standard InChI is InChI=1S/C21H26N8O3/c1-12-10-32-5-4-28(12)19-25-16(13-7-23-18(22)24-8-13)15-2-3-29(17(15)26-19)21-6-14(21)9-27(11-21)20(30)31/h7-8,12,14H,2-6,9-11H2,1H3,(H,30,31)(H2,22,23,24)/t12-,14+,21?/m0/s1. The number of nitrogens with zero attached hydrogens (tertiary/aromatic N) is 7. The molecule has 168 valence electrons. The second kappa shape index (κ2) is 6.89. The third-order valence-corrected chi connectivity index (χ3v) is 7.30. The van der Waals surface area contributed by atoms with Crippen LogP contribution in [0, 0.1) is 5.92 Å². The molecule has 32 heavy (non-hydrogen) atoms. The van der Waals surface area contributed by atoms with E-state index < -0.39 is 6.09 Å². The van der Waals surface area contributed by atoms with Crippen molar-refractivity contribution in [3.8, 4) is 11.3 Å². The molecule has 0 aromatic carbocycles. The smallest absolute Gasteiger partial charge is 0.407 e. The Hall–Kier alpha value is -3.21. The highest BCUT2D eigenvalue weighted by Gasteiger charge is 2.65. The Morgan fingerprint density at radius 1 is 1.28 bits per heavy atom. The average Bonchev–Trinajstić information content (AvgIpc) is 3.13. The number of rotatable bonds is 3. The van der Waals surface area contributed by atoms with Crippen LogP contribution in [0.4, 0.5) is 22.5 Å². The summed E-state index contributed by atoms with van der Waals surface area (Å²) in [6.45, 7) is 6.02. The second-order valence-electron chi connectivity index (χ2n) is 9.19. The number of hydrogen-bond acceptors (Lipinski definition) is 9. The lowest BCUT2D eigenvalue weighted by Gasteiger charge is -2.35. The van der Waals surface area contributed by atoms with Gasteiger partial charge in [0.15, 0.2) is 0 Å². The van der Waals surface area contributed by atoms with Gasteiger partial charge in [-0.3, -0.25) is 0 Å². The summed E-state index contributed by atoms with van der Waals surface area (Å²) in [7, 11) is 0. The highest BCUT2D eigenvalue weighted by atomic mass is 16.5. The Kier molecular flexibility index (Phi) is 4.19. The van der Waals surface area contributed by atoms with Crippen molar-refractivity contribution in [3.63, 3.8) is 0 Å². The van der Waals surface area contributed by atoms with E-state index in [0.29, 0.717) is 38.2 Å². The molecule has 1 aliphatic carbocycles. The molecule has 11 heteroatoms. The Bertz CT molecular complexity index is 1080. The molecule has 1 unspecified atom stereocenters. The fourth-order valence-corrected chi connectivity index (χ4v) is 5.55. The Labute approximate surface area is 185 Å². The lowest BCUT2D eigenvalue weighted by Crippen LogP contribution is -2.45. The molecule has 3 N–H and O–H groups in total. The van der Waals surface area contributed by atoms with Gasteiger partial charge in [0.05, 0.1) is 30.5 Å². The molecule has 0 radical (unpaired) electrons. The number of amides is 1. The van der Waals surface area contributed by atoms with E-state index in [1.165, 1.54) is 4.90 Å². The predicted octanol–water partition coefficient (Wildman–Crippen LogP) is 0.856. The summed E-state index contributed by atoms with van der Waals surface area (Å²) in [5.41, 5.74) is 8.26. The first-order valence-corrected chi connectivity index (χ1v) is 11.0. The molecule has 6 rings (SSSR count). The van der Waals surface area contributed by atoms with Gasteiger partial charge in [-0.15, -0.1) is 0 Å². The van der Waals surface area contributed by atoms with Crippen LogP contribution in [0.5, 0.6) is 0 Å². The lowest BCUT2D eigenvalue weighted by atomic mass is 10.1. The molecule has 0 bridgehead atoms. The molecular weight excluding hydrogens is 412 g/mol. The highest BCUT2D eigenvalue weighted by Crippen LogP contribution is 2.57. The number of likely N-dealkylation sites (tertiary alicyclic amines) is 1. The first-order chi connectivity index (χ1) is 15.5. The van der Waals surface area contributed by atoms with Crippen LogP contribution in [-0.2, 0) is 11.2 Å². The number of carbonyl (C=O) groups is 1. The summed E-state index contributed by atoms with van der Waals surface area (Å²) in [4.78, 5) is 36.0.